The molecule has 62 valence electrons. The fourth-order valence-electron chi connectivity index (χ4n) is 0.858. The molecule has 4 heteroatoms. The van der Waals surface area contributed by atoms with E-state index in [0.717, 1.165) is 0 Å². The van der Waals surface area contributed by atoms with Gasteiger partial charge in [0.2, 0.25) is 0 Å². The smallest absolute Gasteiger partial charge is 1.00 e. The zero-order valence-electron chi connectivity index (χ0n) is 8.66. The summed E-state index contributed by atoms with van der Waals surface area (Å²) in [5.74, 6) is -0.858. The number of aliphatic carboxylic acids is 1. The summed E-state index contributed by atoms with van der Waals surface area (Å²) in [7, 11) is 0. The molecule has 0 radical (unpaired) electrons. The normalized spacial score (nSPS) is 8.67. The third kappa shape index (κ3) is 3.43. The molecule has 1 rings (SSSR count). The first-order chi connectivity index (χ1) is 5.20. The Hall–Kier alpha value is -0.250. The molecule has 3 N–H and O–H groups in total. The Morgan fingerprint density at radius 3 is 2.58 bits per heavy atom. The van der Waals surface area contributed by atoms with Crippen molar-refractivity contribution < 1.29 is 12.8 Å². The van der Waals surface area contributed by atoms with Gasteiger partial charge in [0.1, 0.15) is 0 Å². The molecular formula is C8H11CaNO2. The predicted molar refractivity (Wildman–Crippen MR) is 50.2 cm³/mol. The Labute approximate surface area is 104 Å². The number of anilines is 1. The van der Waals surface area contributed by atoms with E-state index in [0.29, 0.717) is 11.3 Å². The molecule has 1 aromatic carbocycles. The predicted octanol–water partition coefficient (Wildman–Crippen LogP) is 0.740. The van der Waals surface area contributed by atoms with Crippen LogP contribution in [0.2, 0.25) is 0 Å². The Kier molecular flexibility index (Phi) is 5.29. The molecule has 0 aromatic heterocycles. The van der Waals surface area contributed by atoms with Gasteiger partial charge in [-0.15, -0.1) is 0 Å². The number of hydrogen-bond acceptors (Lipinski definition) is 2. The van der Waals surface area contributed by atoms with Crippen molar-refractivity contribution in [1.82, 2.24) is 0 Å². The van der Waals surface area contributed by atoms with Crippen LogP contribution in [0.4, 0.5) is 5.69 Å². The van der Waals surface area contributed by atoms with Gasteiger partial charge in [0.15, 0.2) is 0 Å². The third-order valence-electron chi connectivity index (χ3n) is 1.40. The molecule has 0 aliphatic carbocycles. The first kappa shape index (κ1) is 11.7. The number of carboxylic acids is 1. The van der Waals surface area contributed by atoms with E-state index in [1.807, 2.05) is 0 Å². The van der Waals surface area contributed by atoms with E-state index in [4.69, 9.17) is 10.8 Å². The van der Waals surface area contributed by atoms with Crippen molar-refractivity contribution in [2.75, 3.05) is 5.73 Å². The Morgan fingerprint density at radius 1 is 1.50 bits per heavy atom. The molecule has 0 aliphatic rings. The molecular weight excluding hydrogens is 182 g/mol. The van der Waals surface area contributed by atoms with Crippen molar-refractivity contribution in [3.8, 4) is 0 Å². The number of nitrogen functional groups attached to an aromatic ring is 1. The zero-order chi connectivity index (χ0) is 8.27. The van der Waals surface area contributed by atoms with E-state index in [1.165, 1.54) is 0 Å². The van der Waals surface area contributed by atoms with Crippen LogP contribution >= 0.6 is 0 Å². The number of nitrogens with two attached hydrogens (primary N) is 1. The largest absolute Gasteiger partial charge is 2.00 e. The van der Waals surface area contributed by atoms with Crippen LogP contribution in [0.25, 0.3) is 0 Å². The molecule has 3 nitrogen and oxygen atoms in total. The van der Waals surface area contributed by atoms with E-state index in [-0.39, 0.29) is 47.0 Å². The van der Waals surface area contributed by atoms with E-state index >= 15 is 0 Å². The number of benzene rings is 1. The van der Waals surface area contributed by atoms with Gasteiger partial charge < -0.3 is 13.7 Å². The summed E-state index contributed by atoms with van der Waals surface area (Å²) < 4.78 is 0. The van der Waals surface area contributed by atoms with Gasteiger partial charge in [0.25, 0.3) is 0 Å². The zero-order valence-corrected chi connectivity index (χ0v) is 8.86. The van der Waals surface area contributed by atoms with Crippen LogP contribution in [0.5, 0.6) is 0 Å². The van der Waals surface area contributed by atoms with Crippen molar-refractivity contribution in [1.29, 1.82) is 0 Å². The van der Waals surface area contributed by atoms with Crippen LogP contribution in [-0.2, 0) is 11.2 Å². The average Bonchev–Trinajstić information content (AvgIpc) is 1.93. The number of carboxylic acid groups (broad SMARTS) is 1. The van der Waals surface area contributed by atoms with Gasteiger partial charge in [-0.05, 0) is 11.6 Å². The van der Waals surface area contributed by atoms with Crippen molar-refractivity contribution in [3.63, 3.8) is 0 Å². The topological polar surface area (TPSA) is 63.3 Å². The van der Waals surface area contributed by atoms with Crippen LogP contribution in [0.3, 0.4) is 0 Å². The summed E-state index contributed by atoms with van der Waals surface area (Å²) >= 11 is 0. The second-order valence-corrected chi connectivity index (χ2v) is 2.27. The van der Waals surface area contributed by atoms with Crippen LogP contribution in [0, 0.1) is 0 Å². The molecule has 0 fully saturated rings. The summed E-state index contributed by atoms with van der Waals surface area (Å²) in [5, 5.41) is 8.44. The van der Waals surface area contributed by atoms with Gasteiger partial charge in [-0.25, -0.2) is 0 Å². The van der Waals surface area contributed by atoms with Crippen molar-refractivity contribution in [3.05, 3.63) is 29.8 Å². The number of para-hydroxylation sites is 1. The van der Waals surface area contributed by atoms with Gasteiger partial charge in [0.05, 0.1) is 6.42 Å². The van der Waals surface area contributed by atoms with Gasteiger partial charge in [0, 0.05) is 5.69 Å². The molecule has 0 atom stereocenters. The SMILES string of the molecule is Nc1ccccc1CC(=O)O.[Ca+2].[H-].[H-]. The summed E-state index contributed by atoms with van der Waals surface area (Å²) in [6.45, 7) is 0. The summed E-state index contributed by atoms with van der Waals surface area (Å²) in [4.78, 5) is 10.3. The standard InChI is InChI=1S/C8H9NO2.Ca.2H/c9-7-4-2-1-3-6(7)5-8(10)11;;;/h1-4H,5,9H2,(H,10,11);;;/q;+2;2*-1. The van der Waals surface area contributed by atoms with E-state index in [1.54, 1.807) is 24.3 Å². The summed E-state index contributed by atoms with van der Waals surface area (Å²) in [5.41, 5.74) is 6.71. The summed E-state index contributed by atoms with van der Waals surface area (Å²) in [6.07, 6.45) is -0.00727. The van der Waals surface area contributed by atoms with E-state index in [2.05, 4.69) is 0 Å². The summed E-state index contributed by atoms with van der Waals surface area (Å²) in [6, 6.07) is 6.96. The monoisotopic (exact) mass is 193 g/mol. The molecule has 0 saturated heterocycles. The average molecular weight is 193 g/mol. The third-order valence-corrected chi connectivity index (χ3v) is 1.40. The number of carbonyl (C=O) groups is 1. The Balaban J connectivity index is -0.000000403. The number of rotatable bonds is 2. The van der Waals surface area contributed by atoms with Crippen LogP contribution in [0.1, 0.15) is 8.42 Å². The van der Waals surface area contributed by atoms with Crippen LogP contribution < -0.4 is 5.73 Å². The van der Waals surface area contributed by atoms with Gasteiger partial charge in [-0.1, -0.05) is 18.2 Å². The van der Waals surface area contributed by atoms with Crippen molar-refractivity contribution in [2.45, 2.75) is 6.42 Å². The fraction of sp³-hybridized carbons (Fsp3) is 0.125. The second-order valence-electron chi connectivity index (χ2n) is 2.27. The molecule has 0 bridgehead atoms. The molecule has 0 heterocycles. The quantitative estimate of drug-likeness (QED) is 0.538. The Morgan fingerprint density at radius 2 is 2.08 bits per heavy atom. The van der Waals surface area contributed by atoms with Crippen LogP contribution in [0.15, 0.2) is 24.3 Å². The van der Waals surface area contributed by atoms with E-state index in [9.17, 15) is 4.79 Å². The minimum Gasteiger partial charge on any atom is -1.00 e. The maximum absolute atomic E-state index is 10.3. The van der Waals surface area contributed by atoms with Crippen LogP contribution in [-0.4, -0.2) is 48.8 Å². The Bertz CT molecular complexity index is 284. The van der Waals surface area contributed by atoms with Gasteiger partial charge in [-0.2, -0.15) is 0 Å². The molecule has 0 aliphatic heterocycles. The molecule has 0 saturated carbocycles. The molecule has 0 unspecified atom stereocenters. The van der Waals surface area contributed by atoms with Gasteiger partial charge >= 0.3 is 43.7 Å². The van der Waals surface area contributed by atoms with Gasteiger partial charge in [-0.3, -0.25) is 4.79 Å². The first-order valence-corrected chi connectivity index (χ1v) is 3.25. The minimum absolute atomic E-state index is 0. The fourth-order valence-corrected chi connectivity index (χ4v) is 0.858. The molecule has 0 spiro atoms. The molecule has 0 amide bonds. The molecule has 12 heavy (non-hydrogen) atoms. The van der Waals surface area contributed by atoms with Crippen molar-refractivity contribution >= 4 is 49.4 Å². The molecule has 1 aromatic rings. The number of hydrogen-bond donors (Lipinski definition) is 2. The first-order valence-electron chi connectivity index (χ1n) is 3.25. The second kappa shape index (κ2) is 5.40. The minimum atomic E-state index is -0.858. The van der Waals surface area contributed by atoms with Crippen molar-refractivity contribution in [2.24, 2.45) is 0 Å². The maximum atomic E-state index is 10.3. The van der Waals surface area contributed by atoms with E-state index < -0.39 is 5.97 Å². The maximum Gasteiger partial charge on any atom is 2.00 e.